The number of likely N-dealkylation sites (tertiary alicyclic amines) is 1. The molecule has 6 aliphatic rings. The van der Waals surface area contributed by atoms with E-state index in [1.807, 2.05) is 0 Å². The average Bonchev–Trinajstić information content (AvgIpc) is 3.14. The molecule has 0 aromatic heterocycles. The van der Waals surface area contributed by atoms with Crippen LogP contribution in [0.3, 0.4) is 0 Å². The maximum absolute atomic E-state index is 13.6. The lowest BCUT2D eigenvalue weighted by atomic mass is 9.44. The van der Waals surface area contributed by atoms with Crippen LogP contribution >= 0.6 is 0 Å². The second-order valence-corrected chi connectivity index (χ2v) is 10.3. The first-order valence-electron chi connectivity index (χ1n) is 10.4. The largest absolute Gasteiger partial charge is 0.299 e. The van der Waals surface area contributed by atoms with Gasteiger partial charge in [-0.25, -0.2) is 0 Å². The predicted octanol–water partition coefficient (Wildman–Crippen LogP) is 2.42. The van der Waals surface area contributed by atoms with Crippen LogP contribution in [-0.4, -0.2) is 41.4 Å². The van der Waals surface area contributed by atoms with E-state index >= 15 is 0 Å². The van der Waals surface area contributed by atoms with Gasteiger partial charge in [-0.15, -0.1) is 0 Å². The Balaban J connectivity index is 1.64. The lowest BCUT2D eigenvalue weighted by Crippen LogP contribution is -2.67. The summed E-state index contributed by atoms with van der Waals surface area (Å²) in [7, 11) is 0. The second-order valence-electron chi connectivity index (χ2n) is 10.3. The number of carbonyl (C=O) groups is 3. The number of nitrogens with zero attached hydrogens (tertiary/aromatic N) is 1. The molecule has 6 fully saturated rings. The zero-order chi connectivity index (χ0) is 18.2. The van der Waals surface area contributed by atoms with E-state index in [4.69, 9.17) is 0 Å². The second kappa shape index (κ2) is 4.24. The standard InChI is InChI=1S/C22H27NO3/c1-4-23-10-20(3)6-5-17(25)22-15(20)7-13(18(22)23)21-9-12(11(2)19(21)26)14(24)8-16(21)22/h12-13,15-16,18H,2,4-10H2,1,3H3/t12-,13+,15-,16-,18+,20+,21+,22+/m1/s1. The summed E-state index contributed by atoms with van der Waals surface area (Å²) in [6, 6.07) is 0.171. The van der Waals surface area contributed by atoms with Crippen molar-refractivity contribution in [2.24, 2.45) is 39.9 Å². The summed E-state index contributed by atoms with van der Waals surface area (Å²) in [5.41, 5.74) is -0.227. The van der Waals surface area contributed by atoms with Gasteiger partial charge in [0, 0.05) is 36.8 Å². The smallest absolute Gasteiger partial charge is 0.165 e. The van der Waals surface area contributed by atoms with E-state index in [-0.39, 0.29) is 40.8 Å². The van der Waals surface area contributed by atoms with Crippen LogP contribution in [0.1, 0.15) is 46.0 Å². The molecule has 0 N–H and O–H groups in total. The van der Waals surface area contributed by atoms with Gasteiger partial charge in [0.2, 0.25) is 0 Å². The summed E-state index contributed by atoms with van der Waals surface area (Å²) in [5, 5.41) is 0. The van der Waals surface area contributed by atoms with E-state index in [1.165, 1.54) is 0 Å². The molecule has 5 saturated carbocycles. The molecule has 4 heteroatoms. The fourth-order valence-corrected chi connectivity index (χ4v) is 9.20. The van der Waals surface area contributed by atoms with Crippen molar-refractivity contribution in [2.75, 3.05) is 13.1 Å². The Morgan fingerprint density at radius 2 is 2.00 bits per heavy atom. The molecule has 1 saturated heterocycles. The highest BCUT2D eigenvalue weighted by Gasteiger charge is 2.85. The number of ketones is 3. The zero-order valence-corrected chi connectivity index (χ0v) is 15.7. The molecule has 5 aliphatic carbocycles. The third kappa shape index (κ3) is 1.25. The number of rotatable bonds is 1. The van der Waals surface area contributed by atoms with Crippen LogP contribution in [-0.2, 0) is 14.4 Å². The van der Waals surface area contributed by atoms with Crippen LogP contribution in [0.15, 0.2) is 12.2 Å². The van der Waals surface area contributed by atoms with Crippen LogP contribution in [0.25, 0.3) is 0 Å². The minimum atomic E-state index is -0.470. The third-order valence-corrected chi connectivity index (χ3v) is 9.88. The molecule has 0 radical (unpaired) electrons. The predicted molar refractivity (Wildman–Crippen MR) is 95.2 cm³/mol. The number of hydrogen-bond acceptors (Lipinski definition) is 4. The number of Topliss-reactive ketones (excluding diaryl/α,β-unsaturated/α-hetero) is 3. The molecule has 1 heterocycles. The maximum Gasteiger partial charge on any atom is 0.165 e. The van der Waals surface area contributed by atoms with Crippen LogP contribution in [0.2, 0.25) is 0 Å². The summed E-state index contributed by atoms with van der Waals surface area (Å²) < 4.78 is 0. The molecular formula is C22H27NO3. The van der Waals surface area contributed by atoms with E-state index < -0.39 is 10.8 Å². The third-order valence-electron chi connectivity index (χ3n) is 9.88. The molecule has 2 spiro atoms. The van der Waals surface area contributed by atoms with E-state index in [9.17, 15) is 14.4 Å². The van der Waals surface area contributed by atoms with Gasteiger partial charge < -0.3 is 0 Å². The van der Waals surface area contributed by atoms with Gasteiger partial charge in [-0.3, -0.25) is 19.3 Å². The highest BCUT2D eigenvalue weighted by molar-refractivity contribution is 6.12. The van der Waals surface area contributed by atoms with E-state index in [0.29, 0.717) is 36.5 Å². The summed E-state index contributed by atoms with van der Waals surface area (Å²) in [5.74, 6) is 0.935. The summed E-state index contributed by atoms with van der Waals surface area (Å²) in [6.07, 6.45) is 3.67. The SMILES string of the molecule is C=C1C(=O)[C@]23C[C@H]1C(=O)C[C@H]2[C@@]12C(=O)CC[C@@]4(C)CN(CC)[C@H]1[C@@H]3C[C@H]42. The van der Waals surface area contributed by atoms with Crippen molar-refractivity contribution in [3.63, 3.8) is 0 Å². The Hall–Kier alpha value is -1.29. The Bertz CT molecular complexity index is 816. The summed E-state index contributed by atoms with van der Waals surface area (Å²) >= 11 is 0. The van der Waals surface area contributed by atoms with E-state index in [0.717, 1.165) is 25.9 Å². The molecule has 7 bridgehead atoms. The first-order chi connectivity index (χ1) is 12.3. The zero-order valence-electron chi connectivity index (χ0n) is 15.7. The molecule has 0 unspecified atom stereocenters. The molecule has 0 aromatic rings. The van der Waals surface area contributed by atoms with E-state index in [1.54, 1.807) is 0 Å². The van der Waals surface area contributed by atoms with Crippen LogP contribution in [0.4, 0.5) is 0 Å². The molecule has 6 rings (SSSR count). The van der Waals surface area contributed by atoms with Crippen molar-refractivity contribution in [2.45, 2.75) is 52.0 Å². The van der Waals surface area contributed by atoms with Gasteiger partial charge >= 0.3 is 0 Å². The first kappa shape index (κ1) is 15.7. The Kier molecular flexibility index (Phi) is 2.57. The van der Waals surface area contributed by atoms with Crippen molar-refractivity contribution in [1.82, 2.24) is 4.90 Å². The minimum Gasteiger partial charge on any atom is -0.299 e. The van der Waals surface area contributed by atoms with Gasteiger partial charge in [0.05, 0.1) is 5.41 Å². The monoisotopic (exact) mass is 353 g/mol. The molecular weight excluding hydrogens is 326 g/mol. The number of hydrogen-bond donors (Lipinski definition) is 0. The molecule has 1 aliphatic heterocycles. The number of fused-ring (bicyclic) bond motifs is 1. The van der Waals surface area contributed by atoms with Gasteiger partial charge in [0.1, 0.15) is 11.6 Å². The van der Waals surface area contributed by atoms with Gasteiger partial charge in [0.25, 0.3) is 0 Å². The van der Waals surface area contributed by atoms with Gasteiger partial charge in [-0.2, -0.15) is 0 Å². The van der Waals surface area contributed by atoms with Crippen LogP contribution < -0.4 is 0 Å². The van der Waals surface area contributed by atoms with Crippen LogP contribution in [0, 0.1) is 39.9 Å². The summed E-state index contributed by atoms with van der Waals surface area (Å²) in [4.78, 5) is 42.5. The van der Waals surface area contributed by atoms with Crippen molar-refractivity contribution in [1.29, 1.82) is 0 Å². The Labute approximate surface area is 154 Å². The van der Waals surface area contributed by atoms with E-state index in [2.05, 4.69) is 25.3 Å². The van der Waals surface area contributed by atoms with Crippen molar-refractivity contribution < 1.29 is 14.4 Å². The van der Waals surface area contributed by atoms with Crippen LogP contribution in [0.5, 0.6) is 0 Å². The van der Waals surface area contributed by atoms with Crippen molar-refractivity contribution in [3.05, 3.63) is 12.2 Å². The molecule has 138 valence electrons. The minimum absolute atomic E-state index is 0.0688. The fourth-order valence-electron chi connectivity index (χ4n) is 9.20. The molecule has 26 heavy (non-hydrogen) atoms. The first-order valence-corrected chi connectivity index (χ1v) is 10.4. The quantitative estimate of drug-likeness (QED) is 0.680. The number of piperidine rings is 1. The molecule has 0 amide bonds. The normalized spacial score (nSPS) is 57.1. The Morgan fingerprint density at radius 3 is 2.73 bits per heavy atom. The molecule has 4 nitrogen and oxygen atoms in total. The average molecular weight is 353 g/mol. The highest BCUT2D eigenvalue weighted by atomic mass is 16.1. The Morgan fingerprint density at radius 1 is 1.23 bits per heavy atom. The number of carbonyl (C=O) groups excluding carboxylic acids is 3. The van der Waals surface area contributed by atoms with Gasteiger partial charge in [0.15, 0.2) is 5.78 Å². The molecule has 8 atom stereocenters. The van der Waals surface area contributed by atoms with Crippen molar-refractivity contribution in [3.8, 4) is 0 Å². The van der Waals surface area contributed by atoms with Gasteiger partial charge in [-0.1, -0.05) is 20.4 Å². The highest BCUT2D eigenvalue weighted by Crippen LogP contribution is 2.81. The topological polar surface area (TPSA) is 54.5 Å². The molecule has 0 aromatic carbocycles. The lowest BCUT2D eigenvalue weighted by molar-refractivity contribution is -0.175. The van der Waals surface area contributed by atoms with Gasteiger partial charge in [-0.05, 0) is 54.5 Å². The van der Waals surface area contributed by atoms with Crippen molar-refractivity contribution >= 4 is 17.3 Å². The fraction of sp³-hybridized carbons (Fsp3) is 0.773. The lowest BCUT2D eigenvalue weighted by Gasteiger charge is -2.61. The maximum atomic E-state index is 13.6. The summed E-state index contributed by atoms with van der Waals surface area (Å²) in [6.45, 7) is 10.5. The number of allylic oxidation sites excluding steroid dienone is 1.